The molecule has 3 aromatic carbocycles. The number of cyclic esters (lactones) is 1. The molecular weight excluding hydrogens is 346 g/mol. The second-order valence-corrected chi connectivity index (χ2v) is 6.27. The van der Waals surface area contributed by atoms with Crippen LogP contribution in [0.25, 0.3) is 17.2 Å². The lowest BCUT2D eigenvalue weighted by Crippen LogP contribution is -2.05. The molecule has 126 valence electrons. The molecule has 1 aliphatic rings. The number of nitrogens with zero attached hydrogens (tertiary/aromatic N) is 1. The van der Waals surface area contributed by atoms with Crippen molar-refractivity contribution in [1.29, 1.82) is 0 Å². The molecule has 0 radical (unpaired) electrons. The van der Waals surface area contributed by atoms with Crippen LogP contribution in [0, 0.1) is 0 Å². The van der Waals surface area contributed by atoms with E-state index < -0.39 is 5.97 Å². The number of aliphatic imine (C=N–C) groups is 1. The topological polar surface area (TPSA) is 38.7 Å². The first-order valence-corrected chi connectivity index (χ1v) is 8.51. The summed E-state index contributed by atoms with van der Waals surface area (Å²) in [4.78, 5) is 16.4. The molecule has 0 atom stereocenters. The highest BCUT2D eigenvalue weighted by atomic mass is 35.5. The van der Waals surface area contributed by atoms with Crippen molar-refractivity contribution in [2.75, 3.05) is 0 Å². The molecule has 26 heavy (non-hydrogen) atoms. The predicted molar refractivity (Wildman–Crippen MR) is 104 cm³/mol. The van der Waals surface area contributed by atoms with Gasteiger partial charge in [0.1, 0.15) is 0 Å². The molecule has 0 unspecified atom stereocenters. The van der Waals surface area contributed by atoms with Gasteiger partial charge in [-0.1, -0.05) is 66.2 Å². The van der Waals surface area contributed by atoms with Crippen LogP contribution in [0.5, 0.6) is 0 Å². The molecule has 3 nitrogen and oxygen atoms in total. The first-order valence-electron chi connectivity index (χ1n) is 8.13. The Morgan fingerprint density at radius 1 is 0.808 bits per heavy atom. The number of esters is 1. The summed E-state index contributed by atoms with van der Waals surface area (Å²) in [7, 11) is 0. The van der Waals surface area contributed by atoms with Crippen molar-refractivity contribution in [2.24, 2.45) is 4.99 Å². The van der Waals surface area contributed by atoms with Crippen molar-refractivity contribution in [2.45, 2.75) is 0 Å². The summed E-state index contributed by atoms with van der Waals surface area (Å²) in [6, 6.07) is 25.1. The Labute approximate surface area is 156 Å². The van der Waals surface area contributed by atoms with Crippen LogP contribution in [0.1, 0.15) is 11.1 Å². The number of hydrogen-bond acceptors (Lipinski definition) is 3. The van der Waals surface area contributed by atoms with Crippen LogP contribution in [-0.4, -0.2) is 11.9 Å². The molecule has 0 saturated heterocycles. The smallest absolute Gasteiger partial charge is 0.363 e. The SMILES string of the molecule is O=C1OC(c2ccc(-c3ccccc3)cc2)=NC1=Cc1cccc(Cl)c1. The van der Waals surface area contributed by atoms with Gasteiger partial charge in [-0.3, -0.25) is 0 Å². The highest BCUT2D eigenvalue weighted by Gasteiger charge is 2.24. The lowest BCUT2D eigenvalue weighted by molar-refractivity contribution is -0.129. The summed E-state index contributed by atoms with van der Waals surface area (Å²) in [5.74, 6) is -0.157. The Morgan fingerprint density at radius 2 is 1.50 bits per heavy atom. The summed E-state index contributed by atoms with van der Waals surface area (Å²) < 4.78 is 5.32. The maximum atomic E-state index is 12.1. The van der Waals surface area contributed by atoms with Gasteiger partial charge in [-0.25, -0.2) is 9.79 Å². The summed E-state index contributed by atoms with van der Waals surface area (Å²) in [5.41, 5.74) is 4.04. The van der Waals surface area contributed by atoms with E-state index in [0.29, 0.717) is 10.9 Å². The third kappa shape index (κ3) is 3.44. The molecule has 0 bridgehead atoms. The van der Waals surface area contributed by atoms with E-state index in [0.717, 1.165) is 22.3 Å². The first-order chi connectivity index (χ1) is 12.7. The van der Waals surface area contributed by atoms with E-state index >= 15 is 0 Å². The molecule has 3 aromatic rings. The van der Waals surface area contributed by atoms with E-state index in [-0.39, 0.29) is 5.70 Å². The fourth-order valence-electron chi connectivity index (χ4n) is 2.72. The van der Waals surface area contributed by atoms with Gasteiger partial charge in [0.25, 0.3) is 0 Å². The number of carbonyl (C=O) groups excluding carboxylic acids is 1. The van der Waals surface area contributed by atoms with E-state index in [9.17, 15) is 4.79 Å². The zero-order valence-corrected chi connectivity index (χ0v) is 14.5. The third-order valence-electron chi connectivity index (χ3n) is 4.01. The van der Waals surface area contributed by atoms with Gasteiger partial charge in [-0.2, -0.15) is 0 Å². The maximum Gasteiger partial charge on any atom is 0.363 e. The molecule has 0 amide bonds. The van der Waals surface area contributed by atoms with Gasteiger partial charge in [0.2, 0.25) is 5.90 Å². The van der Waals surface area contributed by atoms with Crippen LogP contribution >= 0.6 is 11.6 Å². The third-order valence-corrected chi connectivity index (χ3v) is 4.25. The van der Waals surface area contributed by atoms with E-state index in [1.807, 2.05) is 66.7 Å². The molecule has 1 aliphatic heterocycles. The fourth-order valence-corrected chi connectivity index (χ4v) is 2.92. The van der Waals surface area contributed by atoms with Gasteiger partial charge in [0.15, 0.2) is 5.70 Å². The van der Waals surface area contributed by atoms with Crippen LogP contribution in [0.4, 0.5) is 0 Å². The second-order valence-electron chi connectivity index (χ2n) is 5.83. The van der Waals surface area contributed by atoms with Gasteiger partial charge in [0, 0.05) is 10.6 Å². The monoisotopic (exact) mass is 359 g/mol. The molecule has 0 aromatic heterocycles. The lowest BCUT2D eigenvalue weighted by Gasteiger charge is -2.03. The van der Waals surface area contributed by atoms with E-state index in [1.54, 1.807) is 18.2 Å². The van der Waals surface area contributed by atoms with Crippen molar-refractivity contribution in [3.8, 4) is 11.1 Å². The zero-order valence-electron chi connectivity index (χ0n) is 13.7. The highest BCUT2D eigenvalue weighted by Crippen LogP contribution is 2.23. The number of hydrogen-bond donors (Lipinski definition) is 0. The van der Waals surface area contributed by atoms with Gasteiger partial charge in [0.05, 0.1) is 0 Å². The van der Waals surface area contributed by atoms with Crippen LogP contribution in [0.15, 0.2) is 89.6 Å². The van der Waals surface area contributed by atoms with Crippen molar-refractivity contribution < 1.29 is 9.53 Å². The fraction of sp³-hybridized carbons (Fsp3) is 0. The predicted octanol–water partition coefficient (Wildman–Crippen LogP) is 5.35. The summed E-state index contributed by atoms with van der Waals surface area (Å²) in [6.07, 6.45) is 1.67. The van der Waals surface area contributed by atoms with Gasteiger partial charge in [-0.05, 0) is 47.0 Å². The molecule has 0 saturated carbocycles. The highest BCUT2D eigenvalue weighted by molar-refractivity contribution is 6.30. The summed E-state index contributed by atoms with van der Waals surface area (Å²) in [6.45, 7) is 0. The standard InChI is InChI=1S/C22H14ClNO2/c23-19-8-4-5-15(13-19)14-20-22(25)26-21(24-20)18-11-9-17(10-12-18)16-6-2-1-3-7-16/h1-14H. The minimum absolute atomic E-state index is 0.259. The lowest BCUT2D eigenvalue weighted by atomic mass is 10.0. The number of carbonyl (C=O) groups is 1. The van der Waals surface area contributed by atoms with Crippen molar-refractivity contribution in [3.05, 3.63) is 101 Å². The molecule has 0 N–H and O–H groups in total. The quantitative estimate of drug-likeness (QED) is 0.467. The molecule has 1 heterocycles. The minimum Gasteiger partial charge on any atom is -0.402 e. The van der Waals surface area contributed by atoms with Crippen LogP contribution in [0.2, 0.25) is 5.02 Å². The van der Waals surface area contributed by atoms with Crippen LogP contribution in [0.3, 0.4) is 0 Å². The molecule has 4 heteroatoms. The molecule has 0 aliphatic carbocycles. The number of rotatable bonds is 3. The Bertz CT molecular complexity index is 1020. The average Bonchev–Trinajstić information content (AvgIpc) is 3.03. The second kappa shape index (κ2) is 6.98. The molecule has 4 rings (SSSR count). The molecule has 0 fully saturated rings. The maximum absolute atomic E-state index is 12.1. The zero-order chi connectivity index (χ0) is 17.9. The van der Waals surface area contributed by atoms with E-state index in [1.165, 1.54) is 0 Å². The minimum atomic E-state index is -0.466. The van der Waals surface area contributed by atoms with E-state index in [2.05, 4.69) is 4.99 Å². The molecule has 0 spiro atoms. The molecular formula is C22H14ClNO2. The largest absolute Gasteiger partial charge is 0.402 e. The van der Waals surface area contributed by atoms with E-state index in [4.69, 9.17) is 16.3 Å². The van der Waals surface area contributed by atoms with Crippen molar-refractivity contribution >= 4 is 29.5 Å². The Hall–Kier alpha value is -3.17. The average molecular weight is 360 g/mol. The Balaban J connectivity index is 1.61. The van der Waals surface area contributed by atoms with Crippen molar-refractivity contribution in [3.63, 3.8) is 0 Å². The number of benzene rings is 3. The first kappa shape index (κ1) is 16.3. The Kier molecular flexibility index (Phi) is 4.38. The normalized spacial score (nSPS) is 15.0. The van der Waals surface area contributed by atoms with Crippen LogP contribution in [-0.2, 0) is 9.53 Å². The number of halogens is 1. The summed E-state index contributed by atoms with van der Waals surface area (Å²) >= 11 is 5.98. The van der Waals surface area contributed by atoms with Crippen LogP contribution < -0.4 is 0 Å². The Morgan fingerprint density at radius 3 is 2.23 bits per heavy atom. The van der Waals surface area contributed by atoms with Gasteiger partial charge >= 0.3 is 5.97 Å². The van der Waals surface area contributed by atoms with Gasteiger partial charge < -0.3 is 4.74 Å². The van der Waals surface area contributed by atoms with Crippen molar-refractivity contribution in [1.82, 2.24) is 0 Å². The summed E-state index contributed by atoms with van der Waals surface area (Å²) in [5, 5.41) is 0.603. The number of ether oxygens (including phenoxy) is 1. The van der Waals surface area contributed by atoms with Gasteiger partial charge in [-0.15, -0.1) is 0 Å².